The summed E-state index contributed by atoms with van der Waals surface area (Å²) in [6, 6.07) is 0. The van der Waals surface area contributed by atoms with Gasteiger partial charge in [0.15, 0.2) is 0 Å². The van der Waals surface area contributed by atoms with E-state index in [4.69, 9.17) is 9.47 Å². The normalized spacial score (nSPS) is 29.6. The van der Waals surface area contributed by atoms with Crippen molar-refractivity contribution in [2.24, 2.45) is 23.7 Å². The third-order valence-electron chi connectivity index (χ3n) is 4.92. The molecule has 0 unspecified atom stereocenters. The molecular formula is C20H28O4. The fourth-order valence-electron chi connectivity index (χ4n) is 3.17. The van der Waals surface area contributed by atoms with Gasteiger partial charge in [0.25, 0.3) is 0 Å². The third kappa shape index (κ3) is 5.36. The van der Waals surface area contributed by atoms with Gasteiger partial charge in [-0.1, -0.05) is 38.2 Å². The molecule has 0 saturated carbocycles. The minimum absolute atomic E-state index is 0.0397. The van der Waals surface area contributed by atoms with Crippen molar-refractivity contribution in [2.75, 3.05) is 13.2 Å². The van der Waals surface area contributed by atoms with Crippen LogP contribution in [0.5, 0.6) is 0 Å². The number of esters is 2. The molecule has 24 heavy (non-hydrogen) atoms. The van der Waals surface area contributed by atoms with Crippen LogP contribution >= 0.6 is 0 Å². The predicted molar refractivity (Wildman–Crippen MR) is 93.1 cm³/mol. The Morgan fingerprint density at radius 3 is 1.54 bits per heavy atom. The van der Waals surface area contributed by atoms with Crippen LogP contribution in [0.4, 0.5) is 0 Å². The van der Waals surface area contributed by atoms with E-state index in [0.717, 1.165) is 25.7 Å². The first-order chi connectivity index (χ1) is 11.6. The average Bonchev–Trinajstić information content (AvgIpc) is 2.58. The van der Waals surface area contributed by atoms with Gasteiger partial charge in [-0.15, -0.1) is 0 Å². The van der Waals surface area contributed by atoms with Crippen molar-refractivity contribution in [3.05, 3.63) is 36.5 Å². The molecule has 4 atom stereocenters. The molecule has 0 aromatic rings. The SMILES string of the molecule is C[C@@H]1CC=CC[C@@H]1C(=O)OC/C=C/COC(=O)[C@@H]1CC=CC[C@@H]1C. The number of allylic oxidation sites excluding steroid dienone is 4. The molecule has 4 nitrogen and oxygen atoms in total. The van der Waals surface area contributed by atoms with E-state index in [0.29, 0.717) is 11.8 Å². The van der Waals surface area contributed by atoms with Gasteiger partial charge in [-0.25, -0.2) is 0 Å². The number of rotatable bonds is 6. The minimum atomic E-state index is -0.142. The number of carbonyl (C=O) groups excluding carboxylic acids is 2. The summed E-state index contributed by atoms with van der Waals surface area (Å²) in [5.74, 6) is 0.301. The van der Waals surface area contributed by atoms with Crippen molar-refractivity contribution in [1.29, 1.82) is 0 Å². The van der Waals surface area contributed by atoms with Gasteiger partial charge in [0, 0.05) is 0 Å². The molecule has 0 spiro atoms. The molecule has 0 aromatic heterocycles. The highest BCUT2D eigenvalue weighted by atomic mass is 16.5. The lowest BCUT2D eigenvalue weighted by molar-refractivity contribution is -0.150. The Hall–Kier alpha value is -1.84. The second-order valence-corrected chi connectivity index (χ2v) is 6.78. The Morgan fingerprint density at radius 1 is 0.792 bits per heavy atom. The van der Waals surface area contributed by atoms with E-state index in [-0.39, 0.29) is 37.0 Å². The Balaban J connectivity index is 1.62. The van der Waals surface area contributed by atoms with E-state index in [1.165, 1.54) is 0 Å². The minimum Gasteiger partial charge on any atom is -0.461 e. The molecule has 0 radical (unpaired) electrons. The van der Waals surface area contributed by atoms with Crippen LogP contribution in [-0.2, 0) is 19.1 Å². The van der Waals surface area contributed by atoms with E-state index in [1.54, 1.807) is 12.2 Å². The molecule has 0 heterocycles. The summed E-state index contributed by atoms with van der Waals surface area (Å²) < 4.78 is 10.6. The molecule has 0 bridgehead atoms. The van der Waals surface area contributed by atoms with Gasteiger partial charge in [-0.05, 0) is 49.7 Å². The Morgan fingerprint density at radius 2 is 1.17 bits per heavy atom. The summed E-state index contributed by atoms with van der Waals surface area (Å²) in [7, 11) is 0. The molecule has 2 aliphatic carbocycles. The maximum Gasteiger partial charge on any atom is 0.309 e. The maximum atomic E-state index is 12.0. The molecule has 132 valence electrons. The zero-order chi connectivity index (χ0) is 17.4. The summed E-state index contributed by atoms with van der Waals surface area (Å²) in [5, 5.41) is 0. The number of ether oxygens (including phenoxy) is 2. The van der Waals surface area contributed by atoms with E-state index >= 15 is 0 Å². The molecular weight excluding hydrogens is 304 g/mol. The van der Waals surface area contributed by atoms with Crippen LogP contribution < -0.4 is 0 Å². The molecule has 0 aliphatic heterocycles. The van der Waals surface area contributed by atoms with Gasteiger partial charge < -0.3 is 9.47 Å². The second kappa shape index (κ2) is 9.45. The van der Waals surface area contributed by atoms with Crippen molar-refractivity contribution in [3.8, 4) is 0 Å². The van der Waals surface area contributed by atoms with E-state index in [2.05, 4.69) is 26.0 Å². The maximum absolute atomic E-state index is 12.0. The standard InChI is InChI=1S/C20H28O4/c1-15-9-3-5-11-17(15)19(21)23-13-7-8-14-24-20(22)18-12-6-4-10-16(18)2/h3-8,15-18H,9-14H2,1-2H3/b8-7+/t15-,16+,17+,18-. The average molecular weight is 332 g/mol. The van der Waals surface area contributed by atoms with Crippen molar-refractivity contribution in [2.45, 2.75) is 39.5 Å². The van der Waals surface area contributed by atoms with Crippen molar-refractivity contribution in [1.82, 2.24) is 0 Å². The van der Waals surface area contributed by atoms with Crippen LogP contribution in [0, 0.1) is 23.7 Å². The van der Waals surface area contributed by atoms with Gasteiger partial charge in [0.1, 0.15) is 13.2 Å². The molecule has 4 heteroatoms. The predicted octanol–water partition coefficient (Wildman–Crippen LogP) is 3.83. The first-order valence-electron chi connectivity index (χ1n) is 8.88. The van der Waals surface area contributed by atoms with Crippen LogP contribution in [0.25, 0.3) is 0 Å². The van der Waals surface area contributed by atoms with Crippen molar-refractivity contribution < 1.29 is 19.1 Å². The Bertz CT molecular complexity index is 472. The summed E-state index contributed by atoms with van der Waals surface area (Å²) >= 11 is 0. The first kappa shape index (κ1) is 18.5. The summed E-state index contributed by atoms with van der Waals surface area (Å²) in [6.07, 6.45) is 15.2. The van der Waals surface area contributed by atoms with Gasteiger partial charge in [0.05, 0.1) is 11.8 Å². The van der Waals surface area contributed by atoms with Crippen LogP contribution in [0.15, 0.2) is 36.5 Å². The lowest BCUT2D eigenvalue weighted by Gasteiger charge is -2.23. The Kier molecular flexibility index (Phi) is 7.29. The molecule has 0 saturated heterocycles. The van der Waals surface area contributed by atoms with E-state index in [9.17, 15) is 9.59 Å². The van der Waals surface area contributed by atoms with Gasteiger partial charge in [-0.3, -0.25) is 9.59 Å². The van der Waals surface area contributed by atoms with Crippen molar-refractivity contribution >= 4 is 11.9 Å². The largest absolute Gasteiger partial charge is 0.461 e. The fourth-order valence-corrected chi connectivity index (χ4v) is 3.17. The number of carbonyl (C=O) groups is 2. The van der Waals surface area contributed by atoms with Gasteiger partial charge in [0.2, 0.25) is 0 Å². The highest BCUT2D eigenvalue weighted by molar-refractivity contribution is 5.73. The second-order valence-electron chi connectivity index (χ2n) is 6.78. The highest BCUT2D eigenvalue weighted by Crippen LogP contribution is 2.26. The summed E-state index contributed by atoms with van der Waals surface area (Å²) in [4.78, 5) is 24.0. The molecule has 0 amide bonds. The van der Waals surface area contributed by atoms with E-state index in [1.807, 2.05) is 12.2 Å². The van der Waals surface area contributed by atoms with Gasteiger partial charge in [-0.2, -0.15) is 0 Å². The third-order valence-corrected chi connectivity index (χ3v) is 4.92. The zero-order valence-electron chi connectivity index (χ0n) is 14.6. The molecule has 0 N–H and O–H groups in total. The molecule has 2 aliphatic rings. The quantitative estimate of drug-likeness (QED) is 0.548. The number of hydrogen-bond donors (Lipinski definition) is 0. The van der Waals surface area contributed by atoms with Crippen LogP contribution in [-0.4, -0.2) is 25.2 Å². The molecule has 0 fully saturated rings. The highest BCUT2D eigenvalue weighted by Gasteiger charge is 2.27. The topological polar surface area (TPSA) is 52.6 Å². The van der Waals surface area contributed by atoms with Crippen LogP contribution in [0.3, 0.4) is 0 Å². The van der Waals surface area contributed by atoms with Crippen molar-refractivity contribution in [3.63, 3.8) is 0 Å². The number of hydrogen-bond acceptors (Lipinski definition) is 4. The monoisotopic (exact) mass is 332 g/mol. The lowest BCUT2D eigenvalue weighted by atomic mass is 9.84. The molecule has 0 aromatic carbocycles. The first-order valence-corrected chi connectivity index (χ1v) is 8.88. The summed E-state index contributed by atoms with van der Waals surface area (Å²) in [6.45, 7) is 4.61. The van der Waals surface area contributed by atoms with Crippen LogP contribution in [0.2, 0.25) is 0 Å². The smallest absolute Gasteiger partial charge is 0.309 e. The summed E-state index contributed by atoms with van der Waals surface area (Å²) in [5.41, 5.74) is 0. The fraction of sp³-hybridized carbons (Fsp3) is 0.600. The van der Waals surface area contributed by atoms with E-state index < -0.39 is 0 Å². The lowest BCUT2D eigenvalue weighted by Crippen LogP contribution is -2.25. The Labute approximate surface area is 144 Å². The van der Waals surface area contributed by atoms with Gasteiger partial charge >= 0.3 is 11.9 Å². The van der Waals surface area contributed by atoms with Crippen LogP contribution in [0.1, 0.15) is 39.5 Å². The zero-order valence-corrected chi connectivity index (χ0v) is 14.6. The molecule has 2 rings (SSSR count).